The predicted molar refractivity (Wildman–Crippen MR) is 114 cm³/mol. The van der Waals surface area contributed by atoms with Crippen LogP contribution in [0, 0.1) is 6.92 Å². The molecule has 0 fully saturated rings. The molecule has 0 aliphatic carbocycles. The molecule has 0 saturated heterocycles. The zero-order valence-corrected chi connectivity index (χ0v) is 15.9. The van der Waals surface area contributed by atoms with Gasteiger partial charge in [0.1, 0.15) is 5.52 Å². The summed E-state index contributed by atoms with van der Waals surface area (Å²) in [5.74, 6) is 0. The predicted octanol–water partition coefficient (Wildman–Crippen LogP) is 2.25. The van der Waals surface area contributed by atoms with Crippen LogP contribution in [0.1, 0.15) is 18.1 Å². The number of benzene rings is 3. The van der Waals surface area contributed by atoms with Crippen LogP contribution in [0.3, 0.4) is 0 Å². The maximum absolute atomic E-state index is 13.5. The number of rotatable bonds is 1. The van der Waals surface area contributed by atoms with Crippen molar-refractivity contribution in [1.82, 2.24) is 9.03 Å². The van der Waals surface area contributed by atoms with Crippen LogP contribution >= 0.6 is 0 Å². The molecule has 0 amide bonds. The first kappa shape index (κ1) is 17.3. The molecule has 0 saturated carbocycles. The topological polar surface area (TPSA) is 77.1 Å². The Morgan fingerprint density at radius 3 is 1.97 bits per heavy atom. The molecule has 5 rings (SSSR count). The van der Waals surface area contributed by atoms with Crippen molar-refractivity contribution >= 4 is 32.6 Å². The Morgan fingerprint density at radius 2 is 1.34 bits per heavy atom. The van der Waals surface area contributed by atoms with E-state index in [-0.39, 0.29) is 32.7 Å². The van der Waals surface area contributed by atoms with Crippen molar-refractivity contribution in [2.75, 3.05) is 0 Å². The highest BCUT2D eigenvalue weighted by Gasteiger charge is 2.20. The third kappa shape index (κ3) is 2.11. The molecule has 0 radical (unpaired) electrons. The van der Waals surface area contributed by atoms with E-state index in [1.165, 1.54) is 17.5 Å². The number of hydrogen-bond donors (Lipinski definition) is 0. The average Bonchev–Trinajstić information content (AvgIpc) is 2.73. The highest BCUT2D eigenvalue weighted by atomic mass is 16.2. The van der Waals surface area contributed by atoms with Gasteiger partial charge in [0.15, 0.2) is 5.43 Å². The minimum absolute atomic E-state index is 0.0522. The third-order valence-corrected chi connectivity index (χ3v) is 5.57. The molecular formula is C23H16N2O4. The number of aryl methyl sites for hydroxylation is 2. The minimum Gasteiger partial charge on any atom is -0.289 e. The number of para-hydroxylation sites is 1. The second-order valence-electron chi connectivity index (χ2n) is 7.19. The Bertz CT molecular complexity index is 1730. The smallest absolute Gasteiger partial charge is 0.278 e. The molecule has 6 heteroatoms. The summed E-state index contributed by atoms with van der Waals surface area (Å²) in [5.41, 5.74) is -0.196. The Morgan fingerprint density at radius 1 is 0.759 bits per heavy atom. The van der Waals surface area contributed by atoms with Gasteiger partial charge in [-0.3, -0.25) is 19.2 Å². The van der Waals surface area contributed by atoms with Gasteiger partial charge >= 0.3 is 0 Å². The number of hydrogen-bond acceptors (Lipinski definition) is 4. The molecule has 0 aliphatic heterocycles. The summed E-state index contributed by atoms with van der Waals surface area (Å²) in [6, 6.07) is 13.2. The third-order valence-electron chi connectivity index (χ3n) is 5.57. The maximum atomic E-state index is 13.5. The lowest BCUT2D eigenvalue weighted by molar-refractivity contribution is 0.794. The van der Waals surface area contributed by atoms with Crippen LogP contribution in [-0.2, 0) is 6.42 Å². The standard InChI is InChI=1S/C23H16N2O4/c1-3-13-7-6-10-16-18-17(26)11-12(2)21(27)20(18)25-23(29)15-9-5-4-8-14(15)22(28)24(25)19(13)16/h4-11H,3H2,1-2H3. The maximum Gasteiger partial charge on any atom is 0.278 e. The van der Waals surface area contributed by atoms with Gasteiger partial charge in [-0.1, -0.05) is 37.3 Å². The normalized spacial score (nSPS) is 11.8. The first-order valence-electron chi connectivity index (χ1n) is 9.37. The molecule has 0 unspecified atom stereocenters. The van der Waals surface area contributed by atoms with Crippen LogP contribution < -0.4 is 22.0 Å². The SMILES string of the molecule is CCc1cccc2c3c(=O)cc(C)c(=O)c3n3c(=O)c4ccccc4c(=O)n3c12. The van der Waals surface area contributed by atoms with E-state index in [4.69, 9.17) is 0 Å². The Kier molecular flexibility index (Phi) is 3.49. The largest absolute Gasteiger partial charge is 0.289 e. The molecule has 2 aromatic heterocycles. The van der Waals surface area contributed by atoms with Crippen molar-refractivity contribution in [3.63, 3.8) is 0 Å². The van der Waals surface area contributed by atoms with Crippen LogP contribution in [0.5, 0.6) is 0 Å². The number of nitrogens with zero attached hydrogens (tertiary/aromatic N) is 2. The van der Waals surface area contributed by atoms with Gasteiger partial charge in [0.2, 0.25) is 5.43 Å². The van der Waals surface area contributed by atoms with E-state index >= 15 is 0 Å². The molecule has 0 N–H and O–H groups in total. The molecular weight excluding hydrogens is 368 g/mol. The summed E-state index contributed by atoms with van der Waals surface area (Å²) in [4.78, 5) is 52.9. The van der Waals surface area contributed by atoms with Crippen molar-refractivity contribution in [2.24, 2.45) is 0 Å². The highest BCUT2D eigenvalue weighted by molar-refractivity contribution is 6.05. The van der Waals surface area contributed by atoms with Crippen LogP contribution in [0.4, 0.5) is 0 Å². The molecule has 0 spiro atoms. The van der Waals surface area contributed by atoms with Crippen molar-refractivity contribution in [1.29, 1.82) is 0 Å². The van der Waals surface area contributed by atoms with E-state index in [9.17, 15) is 19.2 Å². The summed E-state index contributed by atoms with van der Waals surface area (Å²) in [5, 5.41) is 1.16. The van der Waals surface area contributed by atoms with Gasteiger partial charge in [-0.2, -0.15) is 0 Å². The van der Waals surface area contributed by atoms with Gasteiger partial charge in [0.25, 0.3) is 11.1 Å². The van der Waals surface area contributed by atoms with Gasteiger partial charge in [-0.05, 0) is 37.1 Å². The summed E-state index contributed by atoms with van der Waals surface area (Å²) in [7, 11) is 0. The lowest BCUT2D eigenvalue weighted by Crippen LogP contribution is -2.34. The second-order valence-corrected chi connectivity index (χ2v) is 7.19. The van der Waals surface area contributed by atoms with E-state index in [1.807, 2.05) is 13.0 Å². The van der Waals surface area contributed by atoms with Gasteiger partial charge in [-0.15, -0.1) is 0 Å². The Balaban J connectivity index is 2.39. The monoisotopic (exact) mass is 384 g/mol. The second kappa shape index (κ2) is 5.85. The van der Waals surface area contributed by atoms with E-state index in [0.717, 1.165) is 10.1 Å². The Hall–Kier alpha value is -3.80. The fraction of sp³-hybridized carbons (Fsp3) is 0.130. The molecule has 0 bridgehead atoms. The molecule has 29 heavy (non-hydrogen) atoms. The zero-order chi connectivity index (χ0) is 20.4. The molecule has 3 aromatic carbocycles. The van der Waals surface area contributed by atoms with Gasteiger partial charge in [0.05, 0.1) is 21.7 Å². The molecule has 2 heterocycles. The Labute approximate surface area is 163 Å². The van der Waals surface area contributed by atoms with Crippen molar-refractivity contribution in [3.05, 3.63) is 101 Å². The van der Waals surface area contributed by atoms with Gasteiger partial charge in [0, 0.05) is 10.9 Å². The van der Waals surface area contributed by atoms with E-state index in [0.29, 0.717) is 17.3 Å². The molecule has 5 aromatic rings. The first-order valence-corrected chi connectivity index (χ1v) is 9.37. The van der Waals surface area contributed by atoms with Crippen LogP contribution in [0.25, 0.3) is 32.6 Å². The van der Waals surface area contributed by atoms with E-state index in [2.05, 4.69) is 0 Å². The van der Waals surface area contributed by atoms with Gasteiger partial charge < -0.3 is 0 Å². The lowest BCUT2D eigenvalue weighted by Gasteiger charge is -2.15. The average molecular weight is 384 g/mol. The molecule has 0 atom stereocenters. The van der Waals surface area contributed by atoms with Crippen molar-refractivity contribution in [2.45, 2.75) is 20.3 Å². The first-order chi connectivity index (χ1) is 14.0. The van der Waals surface area contributed by atoms with E-state index in [1.54, 1.807) is 36.4 Å². The van der Waals surface area contributed by atoms with Crippen LogP contribution in [-0.4, -0.2) is 9.03 Å². The van der Waals surface area contributed by atoms with Crippen LogP contribution in [0.2, 0.25) is 0 Å². The molecule has 142 valence electrons. The minimum atomic E-state index is -0.500. The fourth-order valence-electron chi connectivity index (χ4n) is 4.21. The molecule has 0 aliphatic rings. The zero-order valence-electron chi connectivity index (χ0n) is 15.9. The lowest BCUT2D eigenvalue weighted by atomic mass is 10.0. The fourth-order valence-corrected chi connectivity index (χ4v) is 4.21. The molecule has 6 nitrogen and oxygen atoms in total. The summed E-state index contributed by atoms with van der Waals surface area (Å²) in [6.45, 7) is 3.47. The number of fused-ring (bicyclic) bond motifs is 7. The number of aromatic nitrogens is 2. The van der Waals surface area contributed by atoms with E-state index < -0.39 is 16.5 Å². The van der Waals surface area contributed by atoms with Gasteiger partial charge in [-0.25, -0.2) is 9.03 Å². The van der Waals surface area contributed by atoms with Crippen molar-refractivity contribution in [3.8, 4) is 0 Å². The summed E-state index contributed by atoms with van der Waals surface area (Å²) < 4.78 is 2.36. The quantitative estimate of drug-likeness (QED) is 0.328. The summed E-state index contributed by atoms with van der Waals surface area (Å²) in [6.07, 6.45) is 0.593. The highest BCUT2D eigenvalue weighted by Crippen LogP contribution is 2.24. The summed E-state index contributed by atoms with van der Waals surface area (Å²) >= 11 is 0. The van der Waals surface area contributed by atoms with Crippen molar-refractivity contribution < 1.29 is 0 Å². The van der Waals surface area contributed by atoms with Crippen LogP contribution in [0.15, 0.2) is 67.7 Å².